The third-order valence-corrected chi connectivity index (χ3v) is 2.77. The SMILES string of the molecule is COC(=O)NCc1cncc(OC[C@@H]2CCN2)c1. The fraction of sp³-hybridized carbons (Fsp3) is 0.500. The molecule has 0 unspecified atom stereocenters. The molecule has 98 valence electrons. The number of carbonyl (C=O) groups excluding carboxylic acids is 1. The van der Waals surface area contributed by atoms with Crippen LogP contribution in [0.3, 0.4) is 0 Å². The lowest BCUT2D eigenvalue weighted by Gasteiger charge is -2.27. The molecule has 1 amide bonds. The van der Waals surface area contributed by atoms with Gasteiger partial charge >= 0.3 is 6.09 Å². The number of amides is 1. The van der Waals surface area contributed by atoms with E-state index in [1.54, 1.807) is 12.4 Å². The number of hydrogen-bond donors (Lipinski definition) is 2. The molecular weight excluding hydrogens is 234 g/mol. The van der Waals surface area contributed by atoms with Crippen LogP contribution in [0.15, 0.2) is 18.5 Å². The Kier molecular flexibility index (Phi) is 4.35. The minimum Gasteiger partial charge on any atom is -0.490 e. The maximum Gasteiger partial charge on any atom is 0.407 e. The highest BCUT2D eigenvalue weighted by Gasteiger charge is 2.16. The minimum absolute atomic E-state index is 0.374. The van der Waals surface area contributed by atoms with Crippen LogP contribution in [0.25, 0.3) is 0 Å². The van der Waals surface area contributed by atoms with Gasteiger partial charge in [0, 0.05) is 18.8 Å². The fourth-order valence-electron chi connectivity index (χ4n) is 1.57. The van der Waals surface area contributed by atoms with Gasteiger partial charge in [0.15, 0.2) is 0 Å². The van der Waals surface area contributed by atoms with E-state index < -0.39 is 6.09 Å². The van der Waals surface area contributed by atoms with Crippen molar-refractivity contribution in [2.45, 2.75) is 19.0 Å². The molecule has 0 spiro atoms. The van der Waals surface area contributed by atoms with Crippen molar-refractivity contribution >= 4 is 6.09 Å². The zero-order chi connectivity index (χ0) is 12.8. The van der Waals surface area contributed by atoms with Crippen molar-refractivity contribution in [3.8, 4) is 5.75 Å². The molecule has 1 atom stereocenters. The molecule has 1 aromatic heterocycles. The van der Waals surface area contributed by atoms with Crippen LogP contribution in [-0.4, -0.2) is 37.4 Å². The van der Waals surface area contributed by atoms with Gasteiger partial charge in [-0.25, -0.2) is 4.79 Å². The maximum absolute atomic E-state index is 10.9. The van der Waals surface area contributed by atoms with Gasteiger partial charge in [-0.3, -0.25) is 4.98 Å². The summed E-state index contributed by atoms with van der Waals surface area (Å²) in [6, 6.07) is 2.31. The number of alkyl carbamates (subject to hydrolysis) is 1. The smallest absolute Gasteiger partial charge is 0.407 e. The summed E-state index contributed by atoms with van der Waals surface area (Å²) >= 11 is 0. The molecule has 18 heavy (non-hydrogen) atoms. The van der Waals surface area contributed by atoms with Crippen LogP contribution < -0.4 is 15.4 Å². The first-order valence-corrected chi connectivity index (χ1v) is 5.90. The van der Waals surface area contributed by atoms with Gasteiger partial charge in [-0.2, -0.15) is 0 Å². The molecule has 1 saturated heterocycles. The standard InChI is InChI=1S/C12H17N3O3/c1-17-12(16)15-6-9-4-11(7-13-5-9)18-8-10-2-3-14-10/h4-5,7,10,14H,2-3,6,8H2,1H3,(H,15,16)/t10-/m0/s1. The molecule has 6 nitrogen and oxygen atoms in total. The minimum atomic E-state index is -0.458. The van der Waals surface area contributed by atoms with Crippen LogP contribution in [0.1, 0.15) is 12.0 Å². The Balaban J connectivity index is 1.81. The first kappa shape index (κ1) is 12.6. The average Bonchev–Trinajstić information content (AvgIpc) is 2.34. The topological polar surface area (TPSA) is 72.5 Å². The van der Waals surface area contributed by atoms with Crippen molar-refractivity contribution in [3.05, 3.63) is 24.0 Å². The van der Waals surface area contributed by atoms with Crippen molar-refractivity contribution in [2.75, 3.05) is 20.3 Å². The summed E-state index contributed by atoms with van der Waals surface area (Å²) in [6.45, 7) is 2.09. The van der Waals surface area contributed by atoms with Gasteiger partial charge in [0.2, 0.25) is 0 Å². The van der Waals surface area contributed by atoms with E-state index in [0.29, 0.717) is 24.9 Å². The zero-order valence-electron chi connectivity index (χ0n) is 10.3. The first-order chi connectivity index (χ1) is 8.78. The highest BCUT2D eigenvalue weighted by atomic mass is 16.5. The van der Waals surface area contributed by atoms with Crippen molar-refractivity contribution in [3.63, 3.8) is 0 Å². The molecule has 0 aliphatic carbocycles. The van der Waals surface area contributed by atoms with Crippen LogP contribution >= 0.6 is 0 Å². The molecule has 0 aromatic carbocycles. The maximum atomic E-state index is 10.9. The van der Waals surface area contributed by atoms with E-state index >= 15 is 0 Å². The molecule has 2 heterocycles. The van der Waals surface area contributed by atoms with Crippen LogP contribution in [0.5, 0.6) is 5.75 Å². The molecule has 2 rings (SSSR count). The molecule has 0 saturated carbocycles. The van der Waals surface area contributed by atoms with Crippen molar-refractivity contribution in [1.82, 2.24) is 15.6 Å². The Hall–Kier alpha value is -1.82. The Morgan fingerprint density at radius 1 is 1.61 bits per heavy atom. The van der Waals surface area contributed by atoms with Crippen LogP contribution in [0.4, 0.5) is 4.79 Å². The van der Waals surface area contributed by atoms with Crippen LogP contribution in [0.2, 0.25) is 0 Å². The molecule has 6 heteroatoms. The normalized spacial score (nSPS) is 17.7. The zero-order valence-corrected chi connectivity index (χ0v) is 10.3. The number of nitrogens with one attached hydrogen (secondary N) is 2. The first-order valence-electron chi connectivity index (χ1n) is 5.90. The number of methoxy groups -OCH3 is 1. The molecule has 0 bridgehead atoms. The summed E-state index contributed by atoms with van der Waals surface area (Å²) in [7, 11) is 1.33. The number of ether oxygens (including phenoxy) is 2. The second kappa shape index (κ2) is 6.20. The van der Waals surface area contributed by atoms with Crippen LogP contribution in [0, 0.1) is 0 Å². The highest BCUT2D eigenvalue weighted by molar-refractivity contribution is 5.66. The van der Waals surface area contributed by atoms with Gasteiger partial charge in [-0.05, 0) is 24.6 Å². The molecule has 1 aromatic rings. The van der Waals surface area contributed by atoms with E-state index in [4.69, 9.17) is 4.74 Å². The lowest BCUT2D eigenvalue weighted by Crippen LogP contribution is -2.46. The number of hydrogen-bond acceptors (Lipinski definition) is 5. The lowest BCUT2D eigenvalue weighted by molar-refractivity contribution is 0.170. The predicted octanol–water partition coefficient (Wildman–Crippen LogP) is 0.678. The average molecular weight is 251 g/mol. The van der Waals surface area contributed by atoms with E-state index in [1.807, 2.05) is 6.07 Å². The number of pyridine rings is 1. The fourth-order valence-corrected chi connectivity index (χ4v) is 1.57. The van der Waals surface area contributed by atoms with E-state index in [0.717, 1.165) is 18.5 Å². The summed E-state index contributed by atoms with van der Waals surface area (Å²) in [6.07, 6.45) is 4.04. The second-order valence-corrected chi connectivity index (χ2v) is 4.12. The van der Waals surface area contributed by atoms with Crippen molar-refractivity contribution in [2.24, 2.45) is 0 Å². The molecular formula is C12H17N3O3. The molecule has 1 aliphatic heterocycles. The summed E-state index contributed by atoms with van der Waals surface area (Å²) in [4.78, 5) is 15.0. The van der Waals surface area contributed by atoms with Gasteiger partial charge in [0.05, 0.1) is 13.3 Å². The van der Waals surface area contributed by atoms with Crippen molar-refractivity contribution < 1.29 is 14.3 Å². The Bertz CT molecular complexity index is 407. The Morgan fingerprint density at radius 3 is 3.11 bits per heavy atom. The van der Waals surface area contributed by atoms with E-state index in [-0.39, 0.29) is 0 Å². The van der Waals surface area contributed by atoms with Crippen LogP contribution in [-0.2, 0) is 11.3 Å². The number of carbonyl (C=O) groups is 1. The lowest BCUT2D eigenvalue weighted by atomic mass is 10.1. The molecule has 1 aliphatic rings. The Morgan fingerprint density at radius 2 is 2.44 bits per heavy atom. The number of nitrogens with zero attached hydrogens (tertiary/aromatic N) is 1. The monoisotopic (exact) mass is 251 g/mol. The molecule has 0 radical (unpaired) electrons. The third kappa shape index (κ3) is 3.59. The number of aromatic nitrogens is 1. The largest absolute Gasteiger partial charge is 0.490 e. The van der Waals surface area contributed by atoms with E-state index in [2.05, 4.69) is 20.4 Å². The van der Waals surface area contributed by atoms with E-state index in [1.165, 1.54) is 7.11 Å². The predicted molar refractivity (Wildman–Crippen MR) is 65.4 cm³/mol. The highest BCUT2D eigenvalue weighted by Crippen LogP contribution is 2.13. The van der Waals surface area contributed by atoms with Crippen molar-refractivity contribution in [1.29, 1.82) is 0 Å². The quantitative estimate of drug-likeness (QED) is 0.805. The third-order valence-electron chi connectivity index (χ3n) is 2.77. The van der Waals surface area contributed by atoms with Gasteiger partial charge in [0.25, 0.3) is 0 Å². The van der Waals surface area contributed by atoms with Gasteiger partial charge < -0.3 is 20.1 Å². The molecule has 1 fully saturated rings. The Labute approximate surface area is 106 Å². The summed E-state index contributed by atoms with van der Waals surface area (Å²) < 4.78 is 10.1. The van der Waals surface area contributed by atoms with Gasteiger partial charge in [-0.1, -0.05) is 0 Å². The van der Waals surface area contributed by atoms with E-state index in [9.17, 15) is 4.79 Å². The summed E-state index contributed by atoms with van der Waals surface area (Å²) in [5.74, 6) is 0.716. The summed E-state index contributed by atoms with van der Waals surface area (Å²) in [5, 5.41) is 5.85. The summed E-state index contributed by atoms with van der Waals surface area (Å²) in [5.41, 5.74) is 0.875. The molecule has 2 N–H and O–H groups in total. The van der Waals surface area contributed by atoms with Gasteiger partial charge in [0.1, 0.15) is 12.4 Å². The van der Waals surface area contributed by atoms with Gasteiger partial charge in [-0.15, -0.1) is 0 Å². The second-order valence-electron chi connectivity index (χ2n) is 4.12. The number of rotatable bonds is 5.